The van der Waals surface area contributed by atoms with Crippen LogP contribution in [0.3, 0.4) is 0 Å². The van der Waals surface area contributed by atoms with E-state index in [-0.39, 0.29) is 0 Å². The van der Waals surface area contributed by atoms with E-state index < -0.39 is 0 Å². The van der Waals surface area contributed by atoms with Crippen LogP contribution in [0.5, 0.6) is 0 Å². The Morgan fingerprint density at radius 1 is 1.39 bits per heavy atom. The maximum Gasteiger partial charge on any atom is 0.145 e. The Kier molecular flexibility index (Phi) is 5.19. The first-order chi connectivity index (χ1) is 8.81. The Labute approximate surface area is 116 Å². The summed E-state index contributed by atoms with van der Waals surface area (Å²) in [5, 5.41) is 6.53. The first-order valence-electron chi connectivity index (χ1n) is 6.37. The Balaban J connectivity index is 1.86. The molecule has 5 nitrogen and oxygen atoms in total. The van der Waals surface area contributed by atoms with E-state index in [0.717, 1.165) is 48.8 Å². The number of ether oxygens (including phenoxy) is 1. The third-order valence-electron chi connectivity index (χ3n) is 3.00. The van der Waals surface area contributed by atoms with E-state index in [9.17, 15) is 0 Å². The van der Waals surface area contributed by atoms with Gasteiger partial charge in [0, 0.05) is 26.3 Å². The van der Waals surface area contributed by atoms with Crippen LogP contribution in [0.25, 0.3) is 0 Å². The standard InChI is InChI=1S/C12H19BrN4O/c1-2-14-11-10(13)12(17-8-16-11)15-5-3-9-4-6-18-7-9/h8-9H,2-7H2,1H3,(H2,14,15,16,17). The van der Waals surface area contributed by atoms with Crippen LogP contribution in [0, 0.1) is 5.92 Å². The lowest BCUT2D eigenvalue weighted by atomic mass is 10.1. The largest absolute Gasteiger partial charge is 0.381 e. The Bertz CT molecular complexity index is 382. The van der Waals surface area contributed by atoms with Crippen molar-refractivity contribution in [3.8, 4) is 0 Å². The van der Waals surface area contributed by atoms with Crippen LogP contribution in [-0.2, 0) is 4.74 Å². The number of rotatable bonds is 6. The van der Waals surface area contributed by atoms with Crippen molar-refractivity contribution in [2.24, 2.45) is 5.92 Å². The number of halogens is 1. The lowest BCUT2D eigenvalue weighted by Gasteiger charge is -2.12. The number of hydrogen-bond acceptors (Lipinski definition) is 5. The Hall–Kier alpha value is -0.880. The molecule has 1 fully saturated rings. The van der Waals surface area contributed by atoms with Gasteiger partial charge in [-0.25, -0.2) is 9.97 Å². The molecule has 2 rings (SSSR count). The molecular weight excluding hydrogens is 296 g/mol. The highest BCUT2D eigenvalue weighted by Gasteiger charge is 2.15. The predicted molar refractivity (Wildman–Crippen MR) is 75.9 cm³/mol. The van der Waals surface area contributed by atoms with E-state index in [1.54, 1.807) is 6.33 Å². The smallest absolute Gasteiger partial charge is 0.145 e. The summed E-state index contributed by atoms with van der Waals surface area (Å²) in [5.74, 6) is 2.37. The third-order valence-corrected chi connectivity index (χ3v) is 3.75. The lowest BCUT2D eigenvalue weighted by Crippen LogP contribution is -2.11. The first-order valence-corrected chi connectivity index (χ1v) is 7.16. The minimum absolute atomic E-state index is 0.686. The Morgan fingerprint density at radius 3 is 2.83 bits per heavy atom. The second-order valence-electron chi connectivity index (χ2n) is 4.36. The molecule has 0 spiro atoms. The van der Waals surface area contributed by atoms with Gasteiger partial charge in [0.05, 0.1) is 0 Å². The van der Waals surface area contributed by atoms with Crippen molar-refractivity contribution in [3.63, 3.8) is 0 Å². The molecule has 0 saturated carbocycles. The number of aromatic nitrogens is 2. The lowest BCUT2D eigenvalue weighted by molar-refractivity contribution is 0.185. The van der Waals surface area contributed by atoms with Gasteiger partial charge in [-0.05, 0) is 41.6 Å². The van der Waals surface area contributed by atoms with Crippen LogP contribution in [0.1, 0.15) is 19.8 Å². The summed E-state index contributed by atoms with van der Waals surface area (Å²) < 4.78 is 6.26. The molecule has 6 heteroatoms. The molecular formula is C12H19BrN4O. The van der Waals surface area contributed by atoms with Crippen LogP contribution in [-0.4, -0.2) is 36.3 Å². The topological polar surface area (TPSA) is 59.1 Å². The highest BCUT2D eigenvalue weighted by atomic mass is 79.9. The molecule has 2 N–H and O–H groups in total. The second-order valence-corrected chi connectivity index (χ2v) is 5.15. The number of nitrogens with one attached hydrogen (secondary N) is 2. The average molecular weight is 315 g/mol. The molecule has 1 unspecified atom stereocenters. The molecule has 1 saturated heterocycles. The van der Waals surface area contributed by atoms with Crippen LogP contribution in [0.15, 0.2) is 10.8 Å². The minimum atomic E-state index is 0.686. The number of anilines is 2. The molecule has 0 bridgehead atoms. The zero-order valence-corrected chi connectivity index (χ0v) is 12.2. The molecule has 1 aliphatic heterocycles. The van der Waals surface area contributed by atoms with Gasteiger partial charge >= 0.3 is 0 Å². The normalized spacial score (nSPS) is 18.9. The van der Waals surface area contributed by atoms with E-state index >= 15 is 0 Å². The van der Waals surface area contributed by atoms with E-state index in [4.69, 9.17) is 4.74 Å². The molecule has 1 aromatic rings. The van der Waals surface area contributed by atoms with Gasteiger partial charge in [-0.15, -0.1) is 0 Å². The van der Waals surface area contributed by atoms with Crippen LogP contribution >= 0.6 is 15.9 Å². The SMILES string of the molecule is CCNc1ncnc(NCCC2CCOC2)c1Br. The van der Waals surface area contributed by atoms with Crippen molar-refractivity contribution in [3.05, 3.63) is 10.8 Å². The van der Waals surface area contributed by atoms with Gasteiger partial charge in [0.25, 0.3) is 0 Å². The zero-order valence-electron chi connectivity index (χ0n) is 10.6. The number of hydrogen-bond donors (Lipinski definition) is 2. The highest BCUT2D eigenvalue weighted by molar-refractivity contribution is 9.10. The molecule has 1 aliphatic rings. The maximum atomic E-state index is 5.36. The van der Waals surface area contributed by atoms with Gasteiger partial charge in [-0.2, -0.15) is 0 Å². The van der Waals surface area contributed by atoms with Gasteiger partial charge in [-0.3, -0.25) is 0 Å². The molecule has 0 amide bonds. The molecule has 18 heavy (non-hydrogen) atoms. The van der Waals surface area contributed by atoms with E-state index in [2.05, 4.69) is 36.5 Å². The quantitative estimate of drug-likeness (QED) is 0.845. The third kappa shape index (κ3) is 3.55. The van der Waals surface area contributed by atoms with Crippen molar-refractivity contribution in [1.29, 1.82) is 0 Å². The molecule has 0 aromatic carbocycles. The van der Waals surface area contributed by atoms with Crippen molar-refractivity contribution < 1.29 is 4.74 Å². The molecule has 2 heterocycles. The Morgan fingerprint density at radius 2 is 2.17 bits per heavy atom. The fourth-order valence-corrected chi connectivity index (χ4v) is 2.47. The monoisotopic (exact) mass is 314 g/mol. The van der Waals surface area contributed by atoms with Crippen molar-refractivity contribution in [2.75, 3.05) is 36.9 Å². The summed E-state index contributed by atoms with van der Waals surface area (Å²) in [6.45, 7) is 5.60. The fraction of sp³-hybridized carbons (Fsp3) is 0.667. The summed E-state index contributed by atoms with van der Waals surface area (Å²) in [5.41, 5.74) is 0. The minimum Gasteiger partial charge on any atom is -0.381 e. The first kappa shape index (κ1) is 13.5. The van der Waals surface area contributed by atoms with Crippen molar-refractivity contribution in [1.82, 2.24) is 9.97 Å². The highest BCUT2D eigenvalue weighted by Crippen LogP contribution is 2.26. The predicted octanol–water partition coefficient (Wildman–Crippen LogP) is 2.51. The molecule has 100 valence electrons. The van der Waals surface area contributed by atoms with Gasteiger partial charge in [0.2, 0.25) is 0 Å². The summed E-state index contributed by atoms with van der Waals surface area (Å²) in [6.07, 6.45) is 3.87. The average Bonchev–Trinajstić information content (AvgIpc) is 2.87. The van der Waals surface area contributed by atoms with Gasteiger partial charge in [0.1, 0.15) is 22.4 Å². The van der Waals surface area contributed by atoms with E-state index in [1.807, 2.05) is 6.92 Å². The van der Waals surface area contributed by atoms with Crippen molar-refractivity contribution in [2.45, 2.75) is 19.8 Å². The van der Waals surface area contributed by atoms with Gasteiger partial charge in [-0.1, -0.05) is 0 Å². The van der Waals surface area contributed by atoms with Crippen LogP contribution in [0.2, 0.25) is 0 Å². The summed E-state index contributed by atoms with van der Waals surface area (Å²) in [6, 6.07) is 0. The molecule has 1 aromatic heterocycles. The molecule has 0 radical (unpaired) electrons. The summed E-state index contributed by atoms with van der Waals surface area (Å²) in [7, 11) is 0. The van der Waals surface area contributed by atoms with Crippen LogP contribution < -0.4 is 10.6 Å². The van der Waals surface area contributed by atoms with E-state index in [0.29, 0.717) is 5.92 Å². The van der Waals surface area contributed by atoms with Crippen molar-refractivity contribution >= 4 is 27.6 Å². The van der Waals surface area contributed by atoms with Crippen LogP contribution in [0.4, 0.5) is 11.6 Å². The van der Waals surface area contributed by atoms with E-state index in [1.165, 1.54) is 6.42 Å². The van der Waals surface area contributed by atoms with Gasteiger partial charge < -0.3 is 15.4 Å². The second kappa shape index (κ2) is 6.89. The molecule has 0 aliphatic carbocycles. The van der Waals surface area contributed by atoms with Gasteiger partial charge in [0.15, 0.2) is 0 Å². The summed E-state index contributed by atoms with van der Waals surface area (Å²) in [4.78, 5) is 8.43. The maximum absolute atomic E-state index is 5.36. The summed E-state index contributed by atoms with van der Waals surface area (Å²) >= 11 is 3.52. The fourth-order valence-electron chi connectivity index (χ4n) is 1.99. The number of nitrogens with zero attached hydrogens (tertiary/aromatic N) is 2. The zero-order chi connectivity index (χ0) is 12.8. The molecule has 1 atom stereocenters.